The van der Waals surface area contributed by atoms with Crippen molar-refractivity contribution in [3.05, 3.63) is 0 Å². The Balaban J connectivity index is 0. The van der Waals surface area contributed by atoms with E-state index in [1.807, 2.05) is 35.3 Å². The molecule has 0 aromatic carbocycles. The van der Waals surface area contributed by atoms with Crippen LogP contribution in [0.2, 0.25) is 0 Å². The van der Waals surface area contributed by atoms with Gasteiger partial charge in [-0.3, -0.25) is 0 Å². The standard InChI is InChI=1S/C21H45BO3S3.B/c1-19(2)7-13-26-16-10-23-22(24-11-17-27-14-8-20(3)4)25-12-18-28-15-9-21(5)6;/h19-21H,7-18H2,1-6H3;. The Morgan fingerprint density at radius 2 is 0.793 bits per heavy atom. The monoisotopic (exact) mass is 463 g/mol. The summed E-state index contributed by atoms with van der Waals surface area (Å²) in [5.41, 5.74) is 0. The molecule has 0 aromatic rings. The molecule has 0 heterocycles. The molecule has 8 heteroatoms. The molecule has 0 amide bonds. The summed E-state index contributed by atoms with van der Waals surface area (Å²) < 4.78 is 17.6. The predicted octanol–water partition coefficient (Wildman–Crippen LogP) is 5.98. The van der Waals surface area contributed by atoms with Gasteiger partial charge in [0, 0.05) is 45.5 Å². The van der Waals surface area contributed by atoms with Crippen molar-refractivity contribution in [1.29, 1.82) is 0 Å². The van der Waals surface area contributed by atoms with Crippen LogP contribution in [0.25, 0.3) is 0 Å². The van der Waals surface area contributed by atoms with Gasteiger partial charge in [0.2, 0.25) is 0 Å². The van der Waals surface area contributed by atoms with Crippen LogP contribution in [0.15, 0.2) is 0 Å². The average molecular weight is 463 g/mol. The van der Waals surface area contributed by atoms with E-state index in [4.69, 9.17) is 14.0 Å². The third-order valence-electron chi connectivity index (χ3n) is 3.96. The highest BCUT2D eigenvalue weighted by molar-refractivity contribution is 7.99. The van der Waals surface area contributed by atoms with E-state index in [0.717, 1.165) is 35.0 Å². The van der Waals surface area contributed by atoms with Gasteiger partial charge >= 0.3 is 7.32 Å². The summed E-state index contributed by atoms with van der Waals surface area (Å²) in [6, 6.07) is 0. The van der Waals surface area contributed by atoms with Crippen molar-refractivity contribution in [1.82, 2.24) is 0 Å². The van der Waals surface area contributed by atoms with Crippen molar-refractivity contribution in [2.45, 2.75) is 60.8 Å². The van der Waals surface area contributed by atoms with Gasteiger partial charge in [0.15, 0.2) is 0 Å². The third-order valence-corrected chi connectivity index (χ3v) is 6.90. The number of hydrogen-bond acceptors (Lipinski definition) is 6. The van der Waals surface area contributed by atoms with Gasteiger partial charge in [-0.1, -0.05) is 41.5 Å². The molecule has 29 heavy (non-hydrogen) atoms. The lowest BCUT2D eigenvalue weighted by Crippen LogP contribution is -2.30. The second-order valence-electron chi connectivity index (χ2n) is 8.29. The number of hydrogen-bond donors (Lipinski definition) is 0. The first-order valence-corrected chi connectivity index (χ1v) is 14.5. The molecule has 0 saturated heterocycles. The summed E-state index contributed by atoms with van der Waals surface area (Å²) >= 11 is 5.86. The fraction of sp³-hybridized carbons (Fsp3) is 1.00. The predicted molar refractivity (Wildman–Crippen MR) is 140 cm³/mol. The first-order chi connectivity index (χ1) is 13.4. The van der Waals surface area contributed by atoms with Gasteiger partial charge in [-0.15, -0.1) is 0 Å². The molecule has 0 fully saturated rings. The van der Waals surface area contributed by atoms with Crippen molar-refractivity contribution >= 4 is 51.0 Å². The van der Waals surface area contributed by atoms with E-state index in [1.165, 1.54) is 36.5 Å². The Bertz CT molecular complexity index is 278. The molecule has 0 atom stereocenters. The highest BCUT2D eigenvalue weighted by atomic mass is 32.2. The third kappa shape index (κ3) is 27.0. The number of thioether (sulfide) groups is 3. The van der Waals surface area contributed by atoms with Gasteiger partial charge < -0.3 is 14.0 Å². The molecule has 0 aliphatic rings. The molecule has 0 unspecified atom stereocenters. The molecule has 3 nitrogen and oxygen atoms in total. The SMILES string of the molecule is CC(C)CCSCCOB(OCCSCCC(C)C)OCCSCCC(C)C.[B]. The maximum absolute atomic E-state index is 5.85. The van der Waals surface area contributed by atoms with Gasteiger partial charge in [-0.25, -0.2) is 0 Å². The molecule has 0 spiro atoms. The normalized spacial score (nSPS) is 11.5. The van der Waals surface area contributed by atoms with Crippen LogP contribution < -0.4 is 0 Å². The minimum Gasteiger partial charge on any atom is -0.385 e. The fourth-order valence-electron chi connectivity index (χ4n) is 2.02. The number of rotatable bonds is 21. The van der Waals surface area contributed by atoms with Crippen molar-refractivity contribution in [3.63, 3.8) is 0 Å². The zero-order chi connectivity index (χ0) is 21.0. The van der Waals surface area contributed by atoms with E-state index in [0.29, 0.717) is 19.8 Å². The van der Waals surface area contributed by atoms with E-state index in [1.54, 1.807) is 0 Å². The molecule has 3 radical (unpaired) electrons. The van der Waals surface area contributed by atoms with Gasteiger partial charge in [0.1, 0.15) is 0 Å². The van der Waals surface area contributed by atoms with Crippen LogP contribution in [-0.4, -0.2) is 70.1 Å². The second kappa shape index (κ2) is 23.7. The molecule has 0 bridgehead atoms. The van der Waals surface area contributed by atoms with Crippen LogP contribution in [0.1, 0.15) is 60.8 Å². The van der Waals surface area contributed by atoms with Crippen molar-refractivity contribution in [3.8, 4) is 0 Å². The summed E-state index contributed by atoms with van der Waals surface area (Å²) in [6.07, 6.45) is 3.80. The van der Waals surface area contributed by atoms with E-state index in [-0.39, 0.29) is 8.41 Å². The maximum Gasteiger partial charge on any atom is 0.639 e. The second-order valence-corrected chi connectivity index (χ2v) is 12.0. The summed E-state index contributed by atoms with van der Waals surface area (Å²) in [7, 11) is -0.512. The van der Waals surface area contributed by atoms with E-state index in [9.17, 15) is 0 Å². The minimum absolute atomic E-state index is 0. The molecule has 171 valence electrons. The largest absolute Gasteiger partial charge is 0.639 e. The van der Waals surface area contributed by atoms with Crippen molar-refractivity contribution < 1.29 is 14.0 Å². The maximum atomic E-state index is 5.85. The zero-order valence-corrected chi connectivity index (χ0v) is 22.3. The smallest absolute Gasteiger partial charge is 0.385 e. The Morgan fingerprint density at radius 1 is 0.517 bits per heavy atom. The van der Waals surface area contributed by atoms with E-state index < -0.39 is 7.32 Å². The Hall–Kier alpha value is 1.06. The average Bonchev–Trinajstić information content (AvgIpc) is 2.62. The van der Waals surface area contributed by atoms with Crippen LogP contribution in [-0.2, 0) is 14.0 Å². The van der Waals surface area contributed by atoms with Gasteiger partial charge in [-0.2, -0.15) is 35.3 Å². The lowest BCUT2D eigenvalue weighted by molar-refractivity contribution is 0.109. The lowest BCUT2D eigenvalue weighted by atomic mass is 10.2. The fourth-order valence-corrected chi connectivity index (χ4v) is 5.19. The molecule has 0 aromatic heterocycles. The Kier molecular flexibility index (Phi) is 26.4. The zero-order valence-electron chi connectivity index (χ0n) is 19.8. The molecular weight excluding hydrogens is 418 g/mol. The van der Waals surface area contributed by atoms with Crippen molar-refractivity contribution in [2.75, 3.05) is 54.3 Å². The highest BCUT2D eigenvalue weighted by Crippen LogP contribution is 2.11. The first-order valence-electron chi connectivity index (χ1n) is 11.0. The molecule has 0 N–H and O–H groups in total. The van der Waals surface area contributed by atoms with E-state index >= 15 is 0 Å². The van der Waals surface area contributed by atoms with Gasteiger partial charge in [0.05, 0.1) is 0 Å². The van der Waals surface area contributed by atoms with Gasteiger partial charge in [0.25, 0.3) is 0 Å². The van der Waals surface area contributed by atoms with Crippen molar-refractivity contribution in [2.24, 2.45) is 17.8 Å². The van der Waals surface area contributed by atoms with Gasteiger partial charge in [-0.05, 0) is 54.3 Å². The summed E-state index contributed by atoms with van der Waals surface area (Å²) in [6.45, 7) is 15.7. The molecule has 0 saturated carbocycles. The van der Waals surface area contributed by atoms with E-state index in [2.05, 4.69) is 41.5 Å². The lowest BCUT2D eigenvalue weighted by Gasteiger charge is -2.15. The van der Waals surface area contributed by atoms with Crippen LogP contribution in [0.3, 0.4) is 0 Å². The minimum atomic E-state index is -0.512. The van der Waals surface area contributed by atoms with Crippen LogP contribution in [0.4, 0.5) is 0 Å². The molecule has 0 aliphatic carbocycles. The first kappa shape index (κ1) is 32.2. The Morgan fingerprint density at radius 3 is 1.03 bits per heavy atom. The summed E-state index contributed by atoms with van der Waals surface area (Å²) in [5, 5.41) is 0. The Labute approximate surface area is 197 Å². The van der Waals surface area contributed by atoms with Crippen LogP contribution >= 0.6 is 35.3 Å². The summed E-state index contributed by atoms with van der Waals surface area (Å²) in [4.78, 5) is 0. The van der Waals surface area contributed by atoms with Crippen LogP contribution in [0, 0.1) is 17.8 Å². The summed E-state index contributed by atoms with van der Waals surface area (Å²) in [5.74, 6) is 8.93. The topological polar surface area (TPSA) is 27.7 Å². The quantitative estimate of drug-likeness (QED) is 0.154. The highest BCUT2D eigenvalue weighted by Gasteiger charge is 2.21. The molecule has 0 rings (SSSR count). The molecular formula is C21H45B2O3S3. The molecule has 0 aliphatic heterocycles. The van der Waals surface area contributed by atoms with Crippen LogP contribution in [0.5, 0.6) is 0 Å².